The van der Waals surface area contributed by atoms with Crippen molar-refractivity contribution in [3.05, 3.63) is 45.4 Å². The van der Waals surface area contributed by atoms with Crippen LogP contribution in [0, 0.1) is 6.92 Å². The number of para-hydroxylation sites is 1. The number of ether oxygens (including phenoxy) is 2. The molecule has 0 saturated heterocycles. The molecule has 0 bridgehead atoms. The number of rotatable bonds is 9. The van der Waals surface area contributed by atoms with Gasteiger partial charge in [0.2, 0.25) is 0 Å². The molecule has 0 aliphatic rings. The lowest BCUT2D eigenvalue weighted by Gasteiger charge is -2.16. The first-order valence-electron chi connectivity index (χ1n) is 9.81. The highest BCUT2D eigenvalue weighted by atomic mass is 32.1. The Morgan fingerprint density at radius 1 is 1.31 bits per heavy atom. The number of aromatic nitrogens is 1. The summed E-state index contributed by atoms with van der Waals surface area (Å²) < 4.78 is 10.5. The Balaban J connectivity index is 2.04. The molecule has 0 aliphatic heterocycles. The molecule has 8 heteroatoms. The molecule has 1 heterocycles. The molecule has 29 heavy (non-hydrogen) atoms. The minimum atomic E-state index is -0.321. The second-order valence-electron chi connectivity index (χ2n) is 6.38. The number of carbonyl (C=O) groups excluding carboxylic acids is 1. The maximum atomic E-state index is 12.0. The van der Waals surface area contributed by atoms with Crippen LogP contribution in [0.2, 0.25) is 0 Å². The third-order valence-corrected chi connectivity index (χ3v) is 5.51. The largest absolute Gasteiger partial charge is 0.496 e. The summed E-state index contributed by atoms with van der Waals surface area (Å²) in [6.07, 6.45) is 0.776. The van der Waals surface area contributed by atoms with Crippen LogP contribution in [-0.2, 0) is 11.2 Å². The Bertz CT molecular complexity index is 835. The van der Waals surface area contributed by atoms with Gasteiger partial charge in [0.15, 0.2) is 5.96 Å². The lowest BCUT2D eigenvalue weighted by atomic mass is 10.1. The summed E-state index contributed by atoms with van der Waals surface area (Å²) in [7, 11) is 1.68. The lowest BCUT2D eigenvalue weighted by Crippen LogP contribution is -2.38. The molecule has 2 rings (SSSR count). The summed E-state index contributed by atoms with van der Waals surface area (Å²) in [6, 6.07) is 7.87. The third-order valence-electron chi connectivity index (χ3n) is 4.19. The smallest absolute Gasteiger partial charge is 0.350 e. The fourth-order valence-electron chi connectivity index (χ4n) is 2.77. The van der Waals surface area contributed by atoms with E-state index < -0.39 is 0 Å². The predicted molar refractivity (Wildman–Crippen MR) is 117 cm³/mol. The normalized spacial score (nSPS) is 12.4. The molecule has 1 unspecified atom stereocenters. The highest BCUT2D eigenvalue weighted by molar-refractivity contribution is 7.13. The number of thiazole rings is 1. The van der Waals surface area contributed by atoms with Gasteiger partial charge in [-0.1, -0.05) is 18.2 Å². The van der Waals surface area contributed by atoms with Crippen LogP contribution < -0.4 is 15.4 Å². The number of aliphatic imine (C=N–C) groups is 1. The topological polar surface area (TPSA) is 84.8 Å². The summed E-state index contributed by atoms with van der Waals surface area (Å²) >= 11 is 1.35. The van der Waals surface area contributed by atoms with Crippen LogP contribution in [0.5, 0.6) is 5.75 Å². The molecule has 1 aromatic carbocycles. The highest BCUT2D eigenvalue weighted by Crippen LogP contribution is 2.24. The number of hydrogen-bond donors (Lipinski definition) is 2. The molecule has 2 aromatic rings. The number of methoxy groups -OCH3 is 1. The van der Waals surface area contributed by atoms with Gasteiger partial charge in [-0.05, 0) is 45.7 Å². The highest BCUT2D eigenvalue weighted by Gasteiger charge is 2.20. The molecular weight excluding hydrogens is 388 g/mol. The molecule has 0 saturated carbocycles. The first kappa shape index (κ1) is 22.7. The van der Waals surface area contributed by atoms with Crippen molar-refractivity contribution in [2.75, 3.05) is 26.8 Å². The summed E-state index contributed by atoms with van der Waals surface area (Å²) in [5.41, 5.74) is 1.81. The number of nitrogens with zero attached hydrogens (tertiary/aromatic N) is 2. The van der Waals surface area contributed by atoms with Gasteiger partial charge >= 0.3 is 5.97 Å². The number of benzene rings is 1. The van der Waals surface area contributed by atoms with Crippen molar-refractivity contribution in [2.45, 2.75) is 40.2 Å². The Morgan fingerprint density at radius 2 is 2.07 bits per heavy atom. The lowest BCUT2D eigenvalue weighted by molar-refractivity contribution is 0.0531. The van der Waals surface area contributed by atoms with E-state index in [4.69, 9.17) is 9.47 Å². The molecule has 1 atom stereocenters. The van der Waals surface area contributed by atoms with Gasteiger partial charge in [-0.15, -0.1) is 11.3 Å². The van der Waals surface area contributed by atoms with Crippen molar-refractivity contribution in [3.8, 4) is 5.75 Å². The maximum Gasteiger partial charge on any atom is 0.350 e. The van der Waals surface area contributed by atoms with Crippen LogP contribution in [-0.4, -0.2) is 43.7 Å². The number of guanidine groups is 1. The molecule has 0 amide bonds. The molecule has 1 aromatic heterocycles. The fraction of sp³-hybridized carbons (Fsp3) is 0.476. The van der Waals surface area contributed by atoms with E-state index in [-0.39, 0.29) is 12.0 Å². The van der Waals surface area contributed by atoms with Crippen LogP contribution in [0.15, 0.2) is 29.3 Å². The zero-order valence-electron chi connectivity index (χ0n) is 17.7. The van der Waals surface area contributed by atoms with E-state index in [1.807, 2.05) is 45.0 Å². The molecule has 0 radical (unpaired) electrons. The number of nitrogens with one attached hydrogen (secondary N) is 2. The van der Waals surface area contributed by atoms with Crippen LogP contribution in [0.25, 0.3) is 0 Å². The molecule has 7 nitrogen and oxygen atoms in total. The summed E-state index contributed by atoms with van der Waals surface area (Å²) in [5, 5.41) is 7.44. The van der Waals surface area contributed by atoms with Crippen molar-refractivity contribution >= 4 is 23.3 Å². The Labute approximate surface area is 176 Å². The zero-order chi connectivity index (χ0) is 21.2. The van der Waals surface area contributed by atoms with E-state index in [1.54, 1.807) is 14.0 Å². The molecule has 2 N–H and O–H groups in total. The molecule has 0 aliphatic carbocycles. The number of carbonyl (C=O) groups is 1. The Hall–Kier alpha value is -2.61. The minimum absolute atomic E-state index is 0.0917. The first-order valence-corrected chi connectivity index (χ1v) is 10.6. The Kier molecular flexibility index (Phi) is 8.92. The van der Waals surface area contributed by atoms with E-state index in [0.717, 1.165) is 29.3 Å². The monoisotopic (exact) mass is 418 g/mol. The van der Waals surface area contributed by atoms with E-state index in [0.29, 0.717) is 29.7 Å². The van der Waals surface area contributed by atoms with E-state index in [2.05, 4.69) is 20.6 Å². The van der Waals surface area contributed by atoms with Crippen molar-refractivity contribution in [1.82, 2.24) is 15.6 Å². The van der Waals surface area contributed by atoms with Crippen LogP contribution >= 0.6 is 11.3 Å². The fourth-order valence-corrected chi connectivity index (χ4v) is 3.74. The molecular formula is C21H30N4O3S. The maximum absolute atomic E-state index is 12.0. The average Bonchev–Trinajstić information content (AvgIpc) is 3.10. The minimum Gasteiger partial charge on any atom is -0.496 e. The van der Waals surface area contributed by atoms with Gasteiger partial charge in [0.05, 0.1) is 25.5 Å². The second-order valence-corrected chi connectivity index (χ2v) is 7.41. The Morgan fingerprint density at radius 3 is 2.76 bits per heavy atom. The number of hydrogen-bond acceptors (Lipinski definition) is 6. The van der Waals surface area contributed by atoms with Crippen LogP contribution in [0.1, 0.15) is 52.7 Å². The quantitative estimate of drug-likeness (QED) is 0.368. The second kappa shape index (κ2) is 11.4. The van der Waals surface area contributed by atoms with Gasteiger partial charge in [-0.3, -0.25) is 4.99 Å². The average molecular weight is 419 g/mol. The van der Waals surface area contributed by atoms with Gasteiger partial charge in [0.25, 0.3) is 0 Å². The van der Waals surface area contributed by atoms with Gasteiger partial charge in [0.1, 0.15) is 15.6 Å². The molecule has 0 fully saturated rings. The van der Waals surface area contributed by atoms with Crippen molar-refractivity contribution in [1.29, 1.82) is 0 Å². The van der Waals surface area contributed by atoms with Crippen LogP contribution in [0.3, 0.4) is 0 Å². The van der Waals surface area contributed by atoms with Crippen LogP contribution in [0.4, 0.5) is 0 Å². The zero-order valence-corrected chi connectivity index (χ0v) is 18.6. The van der Waals surface area contributed by atoms with E-state index >= 15 is 0 Å². The van der Waals surface area contributed by atoms with Gasteiger partial charge in [0, 0.05) is 13.1 Å². The summed E-state index contributed by atoms with van der Waals surface area (Å²) in [6.45, 7) is 9.36. The third kappa shape index (κ3) is 6.45. The molecule has 158 valence electrons. The first-order chi connectivity index (χ1) is 14.0. The summed E-state index contributed by atoms with van der Waals surface area (Å²) in [4.78, 5) is 21.8. The summed E-state index contributed by atoms with van der Waals surface area (Å²) in [5.74, 6) is 1.26. The molecule has 0 spiro atoms. The number of aryl methyl sites for hydroxylation is 1. The number of esters is 1. The van der Waals surface area contributed by atoms with Gasteiger partial charge in [-0.25, -0.2) is 9.78 Å². The van der Waals surface area contributed by atoms with Gasteiger partial charge < -0.3 is 20.1 Å². The standard InChI is InChI=1S/C21H30N4O3S/c1-6-22-21(23-13-12-16-10-8-9-11-17(16)27-5)25-15(4)19-24-14(3)18(29-19)20(26)28-7-2/h8-11,15H,6-7,12-13H2,1-5H3,(H2,22,23,25). The van der Waals surface area contributed by atoms with Gasteiger partial charge in [-0.2, -0.15) is 0 Å². The van der Waals surface area contributed by atoms with Crippen molar-refractivity contribution in [2.24, 2.45) is 4.99 Å². The SMILES string of the molecule is CCNC(=NCCc1ccccc1OC)NC(C)c1nc(C)c(C(=O)OCC)s1. The van der Waals surface area contributed by atoms with E-state index in [1.165, 1.54) is 11.3 Å². The van der Waals surface area contributed by atoms with Crippen molar-refractivity contribution in [3.63, 3.8) is 0 Å². The predicted octanol–water partition coefficient (Wildman–Crippen LogP) is 3.50. The van der Waals surface area contributed by atoms with Crippen molar-refractivity contribution < 1.29 is 14.3 Å². The van der Waals surface area contributed by atoms with E-state index in [9.17, 15) is 4.79 Å².